The smallest absolute Gasteiger partial charge is 0.271 e. The van der Waals surface area contributed by atoms with Crippen LogP contribution in [0.4, 0.5) is 11.4 Å². The Balaban J connectivity index is 1.44. The predicted octanol–water partition coefficient (Wildman–Crippen LogP) is 4.61. The number of hydrogen-bond acceptors (Lipinski definition) is 8. The number of nitro groups is 1. The lowest BCUT2D eigenvalue weighted by atomic mass is 9.74. The van der Waals surface area contributed by atoms with Crippen LogP contribution in [0, 0.1) is 16.0 Å². The molecule has 0 radical (unpaired) electrons. The molecule has 1 aliphatic carbocycles. The number of aromatic nitrogens is 1. The van der Waals surface area contributed by atoms with Crippen LogP contribution < -0.4 is 9.47 Å². The number of benzene rings is 2. The van der Waals surface area contributed by atoms with E-state index < -0.39 is 16.3 Å². The minimum atomic E-state index is -0.850. The highest BCUT2D eigenvalue weighted by atomic mass is 32.1. The van der Waals surface area contributed by atoms with Crippen LogP contribution in [0.2, 0.25) is 0 Å². The first-order valence-electron chi connectivity index (χ1n) is 13.3. The topological polar surface area (TPSA) is 103 Å². The summed E-state index contributed by atoms with van der Waals surface area (Å²) < 4.78 is 13.5. The number of para-hydroxylation sites is 1. The number of rotatable bonds is 10. The van der Waals surface area contributed by atoms with Crippen LogP contribution in [0.25, 0.3) is 16.3 Å². The zero-order valence-electron chi connectivity index (χ0n) is 23.0. The number of carbonyl (C=O) groups is 2. The van der Waals surface area contributed by atoms with Crippen LogP contribution in [-0.4, -0.2) is 50.0 Å². The highest BCUT2D eigenvalue weighted by Crippen LogP contribution is 2.48. The number of thiazole rings is 1. The zero-order valence-corrected chi connectivity index (χ0v) is 23.8. The van der Waals surface area contributed by atoms with Crippen molar-refractivity contribution in [2.75, 3.05) is 38.4 Å². The number of fused-ring (bicyclic) bond motifs is 2. The monoisotopic (exact) mass is 562 g/mol. The van der Waals surface area contributed by atoms with Crippen LogP contribution >= 0.6 is 11.3 Å². The van der Waals surface area contributed by atoms with Gasteiger partial charge in [-0.15, -0.1) is 0 Å². The molecule has 1 aliphatic heterocycles. The summed E-state index contributed by atoms with van der Waals surface area (Å²) in [4.78, 5) is 39.7. The number of methoxy groups -OCH3 is 1. The van der Waals surface area contributed by atoms with Crippen LogP contribution in [0.3, 0.4) is 0 Å². The molecule has 0 amide bonds. The average molecular weight is 563 g/mol. The Hall–Kier alpha value is -3.73. The third kappa shape index (κ3) is 4.76. The van der Waals surface area contributed by atoms with E-state index in [1.165, 1.54) is 23.5 Å². The zero-order chi connectivity index (χ0) is 28.6. The summed E-state index contributed by atoms with van der Waals surface area (Å²) in [7, 11) is 1.63. The molecule has 3 aromatic rings. The number of allylic oxidation sites excluding steroid dienone is 3. The maximum atomic E-state index is 13.4. The Labute approximate surface area is 236 Å². The molecule has 1 saturated carbocycles. The van der Waals surface area contributed by atoms with Crippen LogP contribution in [0.5, 0.6) is 0 Å². The van der Waals surface area contributed by atoms with E-state index >= 15 is 0 Å². The lowest BCUT2D eigenvalue weighted by Gasteiger charge is -2.31. The Morgan fingerprint density at radius 3 is 2.58 bits per heavy atom. The fraction of sp³-hybridized carbons (Fsp3) is 0.367. The first kappa shape index (κ1) is 27.8. The summed E-state index contributed by atoms with van der Waals surface area (Å²) in [6.45, 7) is 8.83. The summed E-state index contributed by atoms with van der Waals surface area (Å²) in [6.07, 6.45) is 3.45. The number of ether oxygens (including phenoxy) is 2. The van der Waals surface area contributed by atoms with Gasteiger partial charge in [0.25, 0.3) is 10.7 Å². The van der Waals surface area contributed by atoms with Gasteiger partial charge in [0.05, 0.1) is 30.3 Å². The van der Waals surface area contributed by atoms with E-state index in [4.69, 9.17) is 9.47 Å². The fourth-order valence-corrected chi connectivity index (χ4v) is 6.70. The van der Waals surface area contributed by atoms with E-state index in [2.05, 4.69) is 30.9 Å². The van der Waals surface area contributed by atoms with Gasteiger partial charge >= 0.3 is 0 Å². The van der Waals surface area contributed by atoms with Crippen molar-refractivity contribution in [1.29, 1.82) is 0 Å². The molecule has 0 saturated heterocycles. The van der Waals surface area contributed by atoms with Crippen molar-refractivity contribution in [3.05, 3.63) is 80.5 Å². The molecular weight excluding hydrogens is 530 g/mol. The number of ketones is 2. The number of hydrogen-bond donors (Lipinski definition) is 0. The molecule has 40 heavy (non-hydrogen) atoms. The van der Waals surface area contributed by atoms with Crippen LogP contribution in [0.15, 0.2) is 59.8 Å². The first-order valence-corrected chi connectivity index (χ1v) is 14.1. The molecule has 208 valence electrons. The molecule has 10 heteroatoms. The summed E-state index contributed by atoms with van der Waals surface area (Å²) in [5.74, 6) is -1.28. The normalized spacial score (nSPS) is 18.9. The molecule has 2 aliphatic rings. The molecule has 0 N–H and O–H groups in total. The maximum Gasteiger partial charge on any atom is 0.271 e. The largest absolute Gasteiger partial charge is 0.382 e. The summed E-state index contributed by atoms with van der Waals surface area (Å²) in [5.41, 5.74) is 3.70. The van der Waals surface area contributed by atoms with E-state index in [9.17, 15) is 19.7 Å². The highest BCUT2D eigenvalue weighted by molar-refractivity contribution is 7.19. The van der Waals surface area contributed by atoms with E-state index in [1.807, 2.05) is 29.7 Å². The van der Waals surface area contributed by atoms with Gasteiger partial charge in [-0.1, -0.05) is 43.4 Å². The maximum absolute atomic E-state index is 13.4. The second-order valence-electron chi connectivity index (χ2n) is 10.3. The number of anilines is 1. The molecule has 0 unspecified atom stereocenters. The van der Waals surface area contributed by atoms with Gasteiger partial charge in [0.15, 0.2) is 11.6 Å². The van der Waals surface area contributed by atoms with Gasteiger partial charge in [-0.2, -0.15) is 4.57 Å². The number of Topliss-reactive ketones (excluding diaryl/α,β-unsaturated/α-hetero) is 2. The van der Waals surface area contributed by atoms with Gasteiger partial charge in [-0.05, 0) is 24.6 Å². The molecule has 0 bridgehead atoms. The van der Waals surface area contributed by atoms with Crippen molar-refractivity contribution in [3.63, 3.8) is 0 Å². The third-order valence-electron chi connectivity index (χ3n) is 7.62. The lowest BCUT2D eigenvalue weighted by Crippen LogP contribution is -2.42. The van der Waals surface area contributed by atoms with Crippen molar-refractivity contribution < 1.29 is 28.6 Å². The fourth-order valence-electron chi connectivity index (χ4n) is 5.50. The predicted molar refractivity (Wildman–Crippen MR) is 153 cm³/mol. The van der Waals surface area contributed by atoms with Gasteiger partial charge in [-0.3, -0.25) is 19.7 Å². The SMILES string of the molecule is CC[n+]1c(C=C2C(=O)C(/C=C3/N(CCOCCOC)c4ccccc4C3(C)C)C2=O)sc2cc([N+](=O)[O-])ccc21. The van der Waals surface area contributed by atoms with E-state index in [1.54, 1.807) is 19.3 Å². The number of nitro benzene ring substituents is 1. The highest BCUT2D eigenvalue weighted by Gasteiger charge is 2.47. The van der Waals surface area contributed by atoms with Gasteiger partial charge in [0, 0.05) is 54.7 Å². The number of nitrogens with zero attached hydrogens (tertiary/aromatic N) is 3. The molecule has 5 rings (SSSR count). The van der Waals surface area contributed by atoms with Crippen LogP contribution in [0.1, 0.15) is 31.3 Å². The number of aryl methyl sites for hydroxylation is 1. The standard InChI is InChI=1S/C30H32N3O6S/c1-5-31-24-11-10-19(33(36)37)16-25(24)40-27(31)18-21-28(34)20(29(21)35)17-26-30(2,3)22-8-6-7-9-23(22)32(26)12-13-39-15-14-38-4/h6-11,16-18,20H,5,12-15H2,1-4H3/q+1/b21-18?,26-17+. The van der Waals surface area contributed by atoms with Crippen molar-refractivity contribution in [2.45, 2.75) is 32.7 Å². The quantitative estimate of drug-likeness (QED) is 0.0676. The third-order valence-corrected chi connectivity index (χ3v) is 8.71. The molecule has 2 aromatic carbocycles. The Morgan fingerprint density at radius 1 is 1.12 bits per heavy atom. The minimum absolute atomic E-state index is 0.00696. The Bertz CT molecular complexity index is 1550. The summed E-state index contributed by atoms with van der Waals surface area (Å²) in [6, 6.07) is 12.8. The summed E-state index contributed by atoms with van der Waals surface area (Å²) in [5, 5.41) is 11.9. The molecular formula is C30H32N3O6S+. The van der Waals surface area contributed by atoms with Crippen LogP contribution in [-0.2, 0) is 31.0 Å². The van der Waals surface area contributed by atoms with Gasteiger partial charge in [0.1, 0.15) is 17.2 Å². The first-order chi connectivity index (χ1) is 19.2. The number of carbonyl (C=O) groups excluding carboxylic acids is 2. The second kappa shape index (κ2) is 11.0. The molecule has 0 spiro atoms. The van der Waals surface area contributed by atoms with Gasteiger partial charge in [-0.25, -0.2) is 0 Å². The van der Waals surface area contributed by atoms with Crippen molar-refractivity contribution >= 4 is 50.6 Å². The van der Waals surface area contributed by atoms with E-state index in [0.717, 1.165) is 27.2 Å². The second-order valence-corrected chi connectivity index (χ2v) is 11.4. The van der Waals surface area contributed by atoms with E-state index in [0.29, 0.717) is 37.9 Å². The van der Waals surface area contributed by atoms with E-state index in [-0.39, 0.29) is 22.8 Å². The van der Waals surface area contributed by atoms with Crippen molar-refractivity contribution in [1.82, 2.24) is 0 Å². The molecule has 2 heterocycles. The minimum Gasteiger partial charge on any atom is -0.382 e. The Morgan fingerprint density at radius 2 is 1.88 bits per heavy atom. The molecule has 1 fully saturated rings. The Kier molecular flexibility index (Phi) is 7.67. The molecule has 0 atom stereocenters. The lowest BCUT2D eigenvalue weighted by molar-refractivity contribution is -0.665. The van der Waals surface area contributed by atoms with Gasteiger partial charge < -0.3 is 14.4 Å². The molecule has 9 nitrogen and oxygen atoms in total. The molecule has 1 aromatic heterocycles. The van der Waals surface area contributed by atoms with Crippen molar-refractivity contribution in [3.8, 4) is 0 Å². The summed E-state index contributed by atoms with van der Waals surface area (Å²) >= 11 is 1.33. The average Bonchev–Trinajstić information content (AvgIpc) is 3.40. The number of non-ortho nitro benzene ring substituents is 1. The van der Waals surface area contributed by atoms with Gasteiger partial charge in [0.2, 0.25) is 5.52 Å². The van der Waals surface area contributed by atoms with Crippen molar-refractivity contribution in [2.24, 2.45) is 5.92 Å².